The van der Waals surface area contributed by atoms with Crippen molar-refractivity contribution in [3.05, 3.63) is 99.6 Å². The predicted octanol–water partition coefficient (Wildman–Crippen LogP) is 3.68. The monoisotopic (exact) mass is 491 g/mol. The quantitative estimate of drug-likeness (QED) is 0.324. The number of benzene rings is 3. The number of nitro benzene ring substituents is 1. The number of carbonyl (C=O) groups excluding carboxylic acids is 2. The maximum Gasteiger partial charge on any atom is 0.311 e. The van der Waals surface area contributed by atoms with Crippen LogP contribution in [0.4, 0.5) is 5.69 Å². The maximum absolute atomic E-state index is 13.5. The molecule has 0 fully saturated rings. The zero-order chi connectivity index (χ0) is 26.1. The van der Waals surface area contributed by atoms with Gasteiger partial charge in [0.05, 0.1) is 12.0 Å². The zero-order valence-corrected chi connectivity index (χ0v) is 20.5. The van der Waals surface area contributed by atoms with Crippen molar-refractivity contribution < 1.29 is 24.0 Å². The van der Waals surface area contributed by atoms with E-state index in [1.165, 1.54) is 37.3 Å². The molecule has 0 saturated heterocycles. The number of likely N-dealkylation sites (N-methyl/N-ethyl adjacent to an activating group) is 1. The summed E-state index contributed by atoms with van der Waals surface area (Å²) in [6.07, 6.45) is 0.323. The molecular weight excluding hydrogens is 462 g/mol. The van der Waals surface area contributed by atoms with Crippen molar-refractivity contribution in [1.29, 1.82) is 0 Å². The van der Waals surface area contributed by atoms with Crippen LogP contribution in [-0.2, 0) is 22.6 Å². The fourth-order valence-corrected chi connectivity index (χ4v) is 3.85. The first kappa shape index (κ1) is 26.2. The van der Waals surface area contributed by atoms with Crippen molar-refractivity contribution in [1.82, 2.24) is 10.2 Å². The van der Waals surface area contributed by atoms with E-state index < -0.39 is 16.9 Å². The van der Waals surface area contributed by atoms with Gasteiger partial charge in [-0.25, -0.2) is 0 Å². The van der Waals surface area contributed by atoms with E-state index in [1.54, 1.807) is 0 Å². The van der Waals surface area contributed by atoms with E-state index in [9.17, 15) is 19.7 Å². The van der Waals surface area contributed by atoms with Crippen LogP contribution in [0.1, 0.15) is 16.7 Å². The van der Waals surface area contributed by atoms with Gasteiger partial charge in [-0.1, -0.05) is 60.2 Å². The molecule has 188 valence electrons. The molecular formula is C27H29N3O6. The fourth-order valence-electron chi connectivity index (χ4n) is 3.85. The van der Waals surface area contributed by atoms with Crippen LogP contribution >= 0.6 is 0 Å². The summed E-state index contributed by atoms with van der Waals surface area (Å²) in [5.41, 5.74) is 2.62. The van der Waals surface area contributed by atoms with Gasteiger partial charge in [-0.3, -0.25) is 19.7 Å². The Kier molecular flexibility index (Phi) is 8.99. The van der Waals surface area contributed by atoms with Crippen LogP contribution in [0.25, 0.3) is 0 Å². The number of ether oxygens (including phenoxy) is 2. The molecule has 0 aliphatic heterocycles. The molecule has 0 aliphatic rings. The predicted molar refractivity (Wildman–Crippen MR) is 135 cm³/mol. The number of nitrogens with one attached hydrogen (secondary N) is 1. The summed E-state index contributed by atoms with van der Waals surface area (Å²) in [5.74, 6) is -0.440. The van der Waals surface area contributed by atoms with Gasteiger partial charge in [0.2, 0.25) is 11.7 Å². The van der Waals surface area contributed by atoms with Crippen LogP contribution in [0.15, 0.2) is 72.8 Å². The van der Waals surface area contributed by atoms with Crippen LogP contribution in [0.3, 0.4) is 0 Å². The highest BCUT2D eigenvalue weighted by molar-refractivity contribution is 5.88. The van der Waals surface area contributed by atoms with E-state index in [0.717, 1.165) is 16.7 Å². The molecule has 3 aromatic rings. The number of nitro groups is 1. The smallest absolute Gasteiger partial charge is 0.311 e. The average molecular weight is 492 g/mol. The second-order valence-electron chi connectivity index (χ2n) is 8.21. The Labute approximate surface area is 209 Å². The van der Waals surface area contributed by atoms with Gasteiger partial charge >= 0.3 is 5.69 Å². The largest absolute Gasteiger partial charge is 0.490 e. The molecule has 2 amide bonds. The van der Waals surface area contributed by atoms with E-state index in [-0.39, 0.29) is 36.2 Å². The lowest BCUT2D eigenvalue weighted by molar-refractivity contribution is -0.385. The molecule has 0 saturated carbocycles. The number of hydrogen-bond acceptors (Lipinski definition) is 6. The van der Waals surface area contributed by atoms with Crippen molar-refractivity contribution in [3.63, 3.8) is 0 Å². The number of hydrogen-bond donors (Lipinski definition) is 1. The van der Waals surface area contributed by atoms with Gasteiger partial charge < -0.3 is 19.7 Å². The molecule has 0 aromatic heterocycles. The van der Waals surface area contributed by atoms with Crippen molar-refractivity contribution >= 4 is 17.5 Å². The van der Waals surface area contributed by atoms with E-state index in [1.807, 2.05) is 61.5 Å². The molecule has 0 bridgehead atoms. The summed E-state index contributed by atoms with van der Waals surface area (Å²) < 4.78 is 10.7. The molecule has 36 heavy (non-hydrogen) atoms. The number of rotatable bonds is 11. The van der Waals surface area contributed by atoms with Gasteiger partial charge in [0.15, 0.2) is 6.61 Å². The Morgan fingerprint density at radius 3 is 2.39 bits per heavy atom. The van der Waals surface area contributed by atoms with Crippen LogP contribution in [0.2, 0.25) is 0 Å². The fraction of sp³-hybridized carbons (Fsp3) is 0.259. The van der Waals surface area contributed by atoms with E-state index in [4.69, 9.17) is 9.47 Å². The summed E-state index contributed by atoms with van der Waals surface area (Å²) in [5, 5.41) is 13.8. The molecule has 9 nitrogen and oxygen atoms in total. The maximum atomic E-state index is 13.5. The van der Waals surface area contributed by atoms with Gasteiger partial charge in [0, 0.05) is 32.1 Å². The van der Waals surface area contributed by atoms with Crippen LogP contribution in [-0.4, -0.2) is 48.4 Å². The van der Waals surface area contributed by atoms with E-state index >= 15 is 0 Å². The van der Waals surface area contributed by atoms with Crippen molar-refractivity contribution in [2.75, 3.05) is 20.8 Å². The second kappa shape index (κ2) is 12.3. The number of nitrogens with zero attached hydrogens (tertiary/aromatic N) is 2. The minimum atomic E-state index is -0.777. The molecule has 1 N–H and O–H groups in total. The van der Waals surface area contributed by atoms with Crippen molar-refractivity contribution in [2.45, 2.75) is 25.9 Å². The second-order valence-corrected chi connectivity index (χ2v) is 8.21. The minimum absolute atomic E-state index is 0.0221. The third-order valence-electron chi connectivity index (χ3n) is 5.66. The van der Waals surface area contributed by atoms with Gasteiger partial charge in [0.1, 0.15) is 11.8 Å². The van der Waals surface area contributed by atoms with Crippen LogP contribution in [0.5, 0.6) is 11.5 Å². The van der Waals surface area contributed by atoms with Crippen molar-refractivity contribution in [2.24, 2.45) is 0 Å². The van der Waals surface area contributed by atoms with Crippen LogP contribution in [0, 0.1) is 17.0 Å². The number of amides is 2. The van der Waals surface area contributed by atoms with Crippen molar-refractivity contribution in [3.8, 4) is 11.5 Å². The van der Waals surface area contributed by atoms with E-state index in [2.05, 4.69) is 5.32 Å². The normalized spacial score (nSPS) is 11.3. The topological polar surface area (TPSA) is 111 Å². The Morgan fingerprint density at radius 1 is 1.03 bits per heavy atom. The highest BCUT2D eigenvalue weighted by Gasteiger charge is 2.30. The van der Waals surface area contributed by atoms with E-state index in [0.29, 0.717) is 6.42 Å². The summed E-state index contributed by atoms with van der Waals surface area (Å²) >= 11 is 0. The SMILES string of the molecule is CNC(=O)[C@@H](Cc1ccccc1)N(Cc1cccc(C)c1)C(=O)COc1ccc([N+](=O)[O-])c(OC)c1. The highest BCUT2D eigenvalue weighted by Crippen LogP contribution is 2.30. The molecule has 3 rings (SSSR count). The van der Waals surface area contributed by atoms with Gasteiger partial charge in [-0.15, -0.1) is 0 Å². The summed E-state index contributed by atoms with van der Waals surface area (Å²) in [4.78, 5) is 38.5. The molecule has 1 atom stereocenters. The average Bonchev–Trinajstić information content (AvgIpc) is 2.89. The standard InChI is InChI=1S/C27H29N3O6/c1-19-8-7-11-21(14-19)17-29(24(27(32)28-2)15-20-9-5-4-6-10-20)26(31)18-36-22-12-13-23(30(33)34)25(16-22)35-3/h4-14,16,24H,15,17-18H2,1-3H3,(H,28,32)/t24-/m1/s1. The first-order valence-electron chi connectivity index (χ1n) is 11.4. The third-order valence-corrected chi connectivity index (χ3v) is 5.66. The molecule has 0 unspecified atom stereocenters. The Balaban J connectivity index is 1.88. The van der Waals surface area contributed by atoms with Crippen LogP contribution < -0.4 is 14.8 Å². The van der Waals surface area contributed by atoms with Gasteiger partial charge in [-0.2, -0.15) is 0 Å². The molecule has 9 heteroatoms. The summed E-state index contributed by atoms with van der Waals surface area (Å²) in [7, 11) is 2.85. The molecule has 0 heterocycles. The minimum Gasteiger partial charge on any atom is -0.490 e. The Bertz CT molecular complexity index is 1220. The molecule has 0 radical (unpaired) electrons. The number of carbonyl (C=O) groups is 2. The number of methoxy groups -OCH3 is 1. The lowest BCUT2D eigenvalue weighted by atomic mass is 10.0. The van der Waals surface area contributed by atoms with Gasteiger partial charge in [-0.05, 0) is 24.1 Å². The Morgan fingerprint density at radius 2 is 1.75 bits per heavy atom. The summed E-state index contributed by atoms with van der Waals surface area (Å²) in [6, 6.07) is 20.4. The first-order valence-corrected chi connectivity index (χ1v) is 11.4. The molecule has 3 aromatic carbocycles. The number of aryl methyl sites for hydroxylation is 1. The Hall–Kier alpha value is -4.40. The van der Waals surface area contributed by atoms with Gasteiger partial charge in [0.25, 0.3) is 5.91 Å². The zero-order valence-electron chi connectivity index (χ0n) is 20.5. The summed E-state index contributed by atoms with van der Waals surface area (Å²) in [6.45, 7) is 1.80. The lowest BCUT2D eigenvalue weighted by Crippen LogP contribution is -2.51. The molecule has 0 spiro atoms. The highest BCUT2D eigenvalue weighted by atomic mass is 16.6. The molecule has 0 aliphatic carbocycles. The lowest BCUT2D eigenvalue weighted by Gasteiger charge is -2.31. The first-order chi connectivity index (χ1) is 17.3. The third kappa shape index (κ3) is 6.82.